The van der Waals surface area contributed by atoms with Gasteiger partial charge in [0.15, 0.2) is 0 Å². The van der Waals surface area contributed by atoms with E-state index in [1.807, 2.05) is 0 Å². The molecule has 4 aromatic rings. The zero-order valence-corrected chi connectivity index (χ0v) is 14.4. The van der Waals surface area contributed by atoms with Gasteiger partial charge >= 0.3 is 0 Å². The summed E-state index contributed by atoms with van der Waals surface area (Å²) < 4.78 is 0. The summed E-state index contributed by atoms with van der Waals surface area (Å²) in [5.41, 5.74) is 2.51. The quantitative estimate of drug-likeness (QED) is 0.436. The number of hydrogen-bond acceptors (Lipinski definition) is 1. The van der Waals surface area contributed by atoms with Crippen LogP contribution in [0, 0.1) is 0 Å². The normalized spacial score (nSPS) is 11.4. The van der Waals surface area contributed by atoms with Crippen LogP contribution in [0.1, 0.15) is 5.56 Å². The third kappa shape index (κ3) is 3.27. The van der Waals surface area contributed by atoms with Gasteiger partial charge in [0.25, 0.3) is 0 Å². The van der Waals surface area contributed by atoms with E-state index in [4.69, 9.17) is 0 Å². The Kier molecular flexibility index (Phi) is 4.22. The van der Waals surface area contributed by atoms with Crippen LogP contribution in [0.15, 0.2) is 91.0 Å². The molecule has 0 aliphatic rings. The highest BCUT2D eigenvalue weighted by atomic mass is 15.1. The Morgan fingerprint density at radius 1 is 0.720 bits per heavy atom. The molecule has 4 aromatic carbocycles. The molecule has 0 bridgehead atoms. The summed E-state index contributed by atoms with van der Waals surface area (Å²) in [7, 11) is 2.15. The molecule has 0 aliphatic carbocycles. The second-order valence-electron chi connectivity index (χ2n) is 6.39. The number of hydrogen-bond donors (Lipinski definition) is 0. The Balaban J connectivity index is 1.54. The molecule has 122 valence electrons. The van der Waals surface area contributed by atoms with Gasteiger partial charge in [-0.2, -0.15) is 0 Å². The summed E-state index contributed by atoms with van der Waals surface area (Å²) in [6.07, 6.45) is 4.43. The Hall–Kier alpha value is -3.06. The van der Waals surface area contributed by atoms with Crippen molar-refractivity contribution < 1.29 is 0 Å². The third-order valence-electron chi connectivity index (χ3n) is 4.64. The first-order valence-corrected chi connectivity index (χ1v) is 8.65. The second-order valence-corrected chi connectivity index (χ2v) is 6.39. The smallest absolute Gasteiger partial charge is 0.0446 e. The maximum atomic E-state index is 2.29. The largest absolute Gasteiger partial charge is 0.370 e. The lowest BCUT2D eigenvalue weighted by molar-refractivity contribution is 1.04. The minimum absolute atomic E-state index is 0.876. The molecule has 25 heavy (non-hydrogen) atoms. The standard InChI is InChI=1S/C24H21N/c1-25(24-14-6-12-21-10-4-5-13-23(21)24)17-7-8-19-15-16-20-9-2-3-11-22(20)18-19/h2-16,18H,17H2,1H3/b8-7+. The van der Waals surface area contributed by atoms with Gasteiger partial charge in [0, 0.05) is 24.7 Å². The first-order chi connectivity index (χ1) is 12.3. The molecule has 0 heterocycles. The van der Waals surface area contributed by atoms with Crippen LogP contribution in [0.2, 0.25) is 0 Å². The van der Waals surface area contributed by atoms with Crippen LogP contribution in [0.25, 0.3) is 27.6 Å². The van der Waals surface area contributed by atoms with Crippen molar-refractivity contribution in [2.75, 3.05) is 18.5 Å². The molecule has 1 nitrogen and oxygen atoms in total. The van der Waals surface area contributed by atoms with Gasteiger partial charge in [0.2, 0.25) is 0 Å². The van der Waals surface area contributed by atoms with E-state index in [-0.39, 0.29) is 0 Å². The maximum Gasteiger partial charge on any atom is 0.0446 e. The van der Waals surface area contributed by atoms with Crippen molar-refractivity contribution in [1.82, 2.24) is 0 Å². The summed E-state index contributed by atoms with van der Waals surface area (Å²) in [4.78, 5) is 2.29. The lowest BCUT2D eigenvalue weighted by Crippen LogP contribution is -2.16. The van der Waals surface area contributed by atoms with Gasteiger partial charge in [-0.05, 0) is 33.9 Å². The van der Waals surface area contributed by atoms with E-state index in [9.17, 15) is 0 Å². The van der Waals surface area contributed by atoms with E-state index in [1.54, 1.807) is 0 Å². The van der Waals surface area contributed by atoms with Gasteiger partial charge in [-0.1, -0.05) is 84.9 Å². The molecule has 0 fully saturated rings. The van der Waals surface area contributed by atoms with Gasteiger partial charge in [-0.25, -0.2) is 0 Å². The second kappa shape index (κ2) is 6.82. The molecule has 0 atom stereocenters. The minimum atomic E-state index is 0.876. The molecule has 0 spiro atoms. The summed E-state index contributed by atoms with van der Waals surface area (Å²) in [5.74, 6) is 0. The molecular weight excluding hydrogens is 302 g/mol. The average molecular weight is 323 g/mol. The van der Waals surface area contributed by atoms with Crippen molar-refractivity contribution in [3.63, 3.8) is 0 Å². The summed E-state index contributed by atoms with van der Waals surface area (Å²) in [6.45, 7) is 0.876. The van der Waals surface area contributed by atoms with Crippen LogP contribution in [0.3, 0.4) is 0 Å². The summed E-state index contributed by atoms with van der Waals surface area (Å²) in [5, 5.41) is 5.15. The predicted molar refractivity (Wildman–Crippen MR) is 110 cm³/mol. The van der Waals surface area contributed by atoms with Crippen molar-refractivity contribution >= 4 is 33.3 Å². The van der Waals surface area contributed by atoms with Crippen molar-refractivity contribution in [3.8, 4) is 0 Å². The van der Waals surface area contributed by atoms with Crippen molar-refractivity contribution in [1.29, 1.82) is 0 Å². The van der Waals surface area contributed by atoms with E-state index in [1.165, 1.54) is 32.8 Å². The van der Waals surface area contributed by atoms with Gasteiger partial charge in [0.05, 0.1) is 0 Å². The van der Waals surface area contributed by atoms with Crippen molar-refractivity contribution in [3.05, 3.63) is 96.6 Å². The van der Waals surface area contributed by atoms with Crippen LogP contribution in [0.5, 0.6) is 0 Å². The van der Waals surface area contributed by atoms with E-state index < -0.39 is 0 Å². The van der Waals surface area contributed by atoms with E-state index in [0.717, 1.165) is 6.54 Å². The van der Waals surface area contributed by atoms with Crippen LogP contribution >= 0.6 is 0 Å². The third-order valence-corrected chi connectivity index (χ3v) is 4.64. The minimum Gasteiger partial charge on any atom is -0.370 e. The Labute approximate surface area is 148 Å². The molecule has 4 rings (SSSR count). The van der Waals surface area contributed by atoms with Gasteiger partial charge in [0.1, 0.15) is 0 Å². The fourth-order valence-electron chi connectivity index (χ4n) is 3.30. The molecule has 0 saturated carbocycles. The number of anilines is 1. The first-order valence-electron chi connectivity index (χ1n) is 8.65. The molecule has 0 unspecified atom stereocenters. The van der Waals surface area contributed by atoms with E-state index in [2.05, 4.69) is 109 Å². The zero-order valence-electron chi connectivity index (χ0n) is 14.4. The molecule has 0 N–H and O–H groups in total. The predicted octanol–water partition coefficient (Wildman–Crippen LogP) is 6.14. The first kappa shape index (κ1) is 15.5. The van der Waals surface area contributed by atoms with Crippen molar-refractivity contribution in [2.45, 2.75) is 0 Å². The van der Waals surface area contributed by atoms with Gasteiger partial charge < -0.3 is 4.90 Å². The number of nitrogens with zero attached hydrogens (tertiary/aromatic N) is 1. The molecule has 0 aromatic heterocycles. The van der Waals surface area contributed by atoms with Crippen LogP contribution < -0.4 is 4.90 Å². The molecular formula is C24H21N. The maximum absolute atomic E-state index is 2.29. The molecule has 0 radical (unpaired) electrons. The molecule has 1 heteroatoms. The number of fused-ring (bicyclic) bond motifs is 2. The summed E-state index contributed by atoms with van der Waals surface area (Å²) in [6, 6.07) is 30.1. The lowest BCUT2D eigenvalue weighted by atomic mass is 10.1. The van der Waals surface area contributed by atoms with Crippen LogP contribution in [0.4, 0.5) is 5.69 Å². The number of benzene rings is 4. The highest BCUT2D eigenvalue weighted by Crippen LogP contribution is 2.25. The van der Waals surface area contributed by atoms with Crippen LogP contribution in [-0.4, -0.2) is 13.6 Å². The van der Waals surface area contributed by atoms with E-state index in [0.29, 0.717) is 0 Å². The fraction of sp³-hybridized carbons (Fsp3) is 0.0833. The Bertz CT molecular complexity index is 1040. The highest BCUT2D eigenvalue weighted by molar-refractivity contribution is 5.94. The fourth-order valence-corrected chi connectivity index (χ4v) is 3.30. The molecule has 0 saturated heterocycles. The Morgan fingerprint density at radius 3 is 2.32 bits per heavy atom. The SMILES string of the molecule is CN(C/C=C/c1ccc2ccccc2c1)c1cccc2ccccc12. The lowest BCUT2D eigenvalue weighted by Gasteiger charge is -2.19. The molecule has 0 amide bonds. The van der Waals surface area contributed by atoms with Crippen LogP contribution in [-0.2, 0) is 0 Å². The zero-order chi connectivity index (χ0) is 17.1. The number of rotatable bonds is 4. The van der Waals surface area contributed by atoms with E-state index >= 15 is 0 Å². The van der Waals surface area contributed by atoms with Gasteiger partial charge in [-0.3, -0.25) is 0 Å². The van der Waals surface area contributed by atoms with Crippen molar-refractivity contribution in [2.24, 2.45) is 0 Å². The monoisotopic (exact) mass is 323 g/mol. The average Bonchev–Trinajstić information content (AvgIpc) is 2.67. The van der Waals surface area contributed by atoms with Gasteiger partial charge in [-0.15, -0.1) is 0 Å². The Morgan fingerprint density at radius 2 is 1.44 bits per heavy atom. The highest BCUT2D eigenvalue weighted by Gasteiger charge is 2.03. The topological polar surface area (TPSA) is 3.24 Å². The summed E-state index contributed by atoms with van der Waals surface area (Å²) >= 11 is 0. The molecule has 0 aliphatic heterocycles. The number of likely N-dealkylation sites (N-methyl/N-ethyl adjacent to an activating group) is 1.